The van der Waals surface area contributed by atoms with Gasteiger partial charge in [0.2, 0.25) is 0 Å². The van der Waals surface area contributed by atoms with E-state index in [1.54, 1.807) is 6.33 Å². The third-order valence-electron chi connectivity index (χ3n) is 6.24. The van der Waals surface area contributed by atoms with E-state index < -0.39 is 0 Å². The van der Waals surface area contributed by atoms with Crippen LogP contribution in [0.2, 0.25) is 0 Å². The van der Waals surface area contributed by atoms with Crippen LogP contribution in [0.4, 0.5) is 11.6 Å². The maximum absolute atomic E-state index is 13.4. The summed E-state index contributed by atoms with van der Waals surface area (Å²) in [6, 6.07) is 5.94. The topological polar surface area (TPSA) is 68.7 Å². The quantitative estimate of drug-likeness (QED) is 0.622. The number of piperazine rings is 2. The molecule has 8 nitrogen and oxygen atoms in total. The van der Waals surface area contributed by atoms with Crippen molar-refractivity contribution in [2.45, 2.75) is 6.92 Å². The Labute approximate surface area is 186 Å². The number of hydrogen-bond donors (Lipinski definition) is 0. The van der Waals surface area contributed by atoms with Gasteiger partial charge in [-0.05, 0) is 31.7 Å². The lowest BCUT2D eigenvalue weighted by atomic mass is 10.1. The number of thiophene rings is 1. The van der Waals surface area contributed by atoms with E-state index in [0.717, 1.165) is 71.6 Å². The van der Waals surface area contributed by atoms with Gasteiger partial charge in [-0.1, -0.05) is 6.07 Å². The number of pyridine rings is 1. The Morgan fingerprint density at radius 3 is 2.39 bits per heavy atom. The number of anilines is 2. The van der Waals surface area contributed by atoms with E-state index in [2.05, 4.69) is 36.7 Å². The Balaban J connectivity index is 1.36. The van der Waals surface area contributed by atoms with Crippen LogP contribution in [0.1, 0.15) is 15.2 Å². The molecule has 2 saturated heterocycles. The molecule has 2 aliphatic rings. The standard InChI is InChI=1S/C22H27N7OS/c1-16-18-20(28-9-7-26(2)8-10-28)24-15-25-21(18)31-19(16)22(30)29-13-11-27(12-14-29)17-5-3-4-6-23-17/h3-6,15H,7-14H2,1-2H3. The number of amides is 1. The minimum atomic E-state index is 0.102. The lowest BCUT2D eigenvalue weighted by molar-refractivity contribution is 0.0751. The minimum absolute atomic E-state index is 0.102. The van der Waals surface area contributed by atoms with E-state index in [9.17, 15) is 4.79 Å². The van der Waals surface area contributed by atoms with Crippen LogP contribution < -0.4 is 9.80 Å². The number of likely N-dealkylation sites (N-methyl/N-ethyl adjacent to an activating group) is 1. The molecule has 2 aliphatic heterocycles. The van der Waals surface area contributed by atoms with Crippen molar-refractivity contribution in [3.8, 4) is 0 Å². The Bertz CT molecular complexity index is 1070. The Morgan fingerprint density at radius 1 is 0.935 bits per heavy atom. The van der Waals surface area contributed by atoms with Crippen LogP contribution in [0.25, 0.3) is 10.2 Å². The summed E-state index contributed by atoms with van der Waals surface area (Å²) in [5, 5.41) is 1.03. The fourth-order valence-electron chi connectivity index (χ4n) is 4.34. The lowest BCUT2D eigenvalue weighted by Gasteiger charge is -2.35. The van der Waals surface area contributed by atoms with Crippen LogP contribution in [0.15, 0.2) is 30.7 Å². The van der Waals surface area contributed by atoms with Gasteiger partial charge < -0.3 is 19.6 Å². The summed E-state index contributed by atoms with van der Waals surface area (Å²) in [6.45, 7) is 8.92. The molecule has 0 aliphatic carbocycles. The number of aryl methyl sites for hydroxylation is 1. The molecule has 0 N–H and O–H groups in total. The maximum atomic E-state index is 13.4. The molecular weight excluding hydrogens is 410 g/mol. The third-order valence-corrected chi connectivity index (χ3v) is 7.43. The number of carbonyl (C=O) groups excluding carboxylic acids is 1. The molecule has 2 fully saturated rings. The average Bonchev–Trinajstić information content (AvgIpc) is 3.16. The van der Waals surface area contributed by atoms with Gasteiger partial charge in [0.15, 0.2) is 0 Å². The summed E-state index contributed by atoms with van der Waals surface area (Å²) in [6.07, 6.45) is 3.44. The smallest absolute Gasteiger partial charge is 0.264 e. The molecule has 3 aromatic rings. The predicted octanol–water partition coefficient (Wildman–Crippen LogP) is 2.11. The van der Waals surface area contributed by atoms with Crippen molar-refractivity contribution in [3.05, 3.63) is 41.2 Å². The fourth-order valence-corrected chi connectivity index (χ4v) is 5.45. The molecule has 9 heteroatoms. The number of nitrogens with zero attached hydrogens (tertiary/aromatic N) is 7. The van der Waals surface area contributed by atoms with E-state index in [-0.39, 0.29) is 5.91 Å². The van der Waals surface area contributed by atoms with Crippen LogP contribution in [0, 0.1) is 6.92 Å². The van der Waals surface area contributed by atoms with E-state index >= 15 is 0 Å². The molecule has 0 saturated carbocycles. The molecular formula is C22H27N7OS. The fraction of sp³-hybridized carbons (Fsp3) is 0.455. The molecule has 5 heterocycles. The van der Waals surface area contributed by atoms with Crippen molar-refractivity contribution < 1.29 is 4.79 Å². The van der Waals surface area contributed by atoms with Crippen molar-refractivity contribution in [1.29, 1.82) is 0 Å². The predicted molar refractivity (Wildman–Crippen MR) is 124 cm³/mol. The van der Waals surface area contributed by atoms with E-state index in [1.165, 1.54) is 11.3 Å². The Kier molecular flexibility index (Phi) is 5.45. The highest BCUT2D eigenvalue weighted by Gasteiger charge is 2.28. The van der Waals surface area contributed by atoms with Gasteiger partial charge in [-0.2, -0.15) is 0 Å². The summed E-state index contributed by atoms with van der Waals surface area (Å²) in [7, 11) is 2.15. The average molecular weight is 438 g/mol. The van der Waals surface area contributed by atoms with Crippen molar-refractivity contribution in [2.24, 2.45) is 0 Å². The Hall–Kier alpha value is -2.78. The zero-order valence-corrected chi connectivity index (χ0v) is 18.8. The van der Waals surface area contributed by atoms with Crippen molar-refractivity contribution in [1.82, 2.24) is 24.8 Å². The SMILES string of the molecule is Cc1c(C(=O)N2CCN(c3ccccn3)CC2)sc2ncnc(N3CCN(C)CC3)c12. The molecule has 0 aromatic carbocycles. The first-order valence-corrected chi connectivity index (χ1v) is 11.6. The van der Waals surface area contributed by atoms with Gasteiger partial charge in [-0.15, -0.1) is 11.3 Å². The molecule has 0 atom stereocenters. The first-order valence-electron chi connectivity index (χ1n) is 10.7. The van der Waals surface area contributed by atoms with Crippen LogP contribution in [-0.2, 0) is 0 Å². The first kappa shape index (κ1) is 20.1. The normalized spacial score (nSPS) is 18.1. The molecule has 3 aromatic heterocycles. The number of hydrogen-bond acceptors (Lipinski definition) is 8. The van der Waals surface area contributed by atoms with Gasteiger partial charge in [-0.3, -0.25) is 4.79 Å². The van der Waals surface area contributed by atoms with E-state index in [4.69, 9.17) is 0 Å². The molecule has 0 unspecified atom stereocenters. The molecule has 1 amide bonds. The van der Waals surface area contributed by atoms with Crippen molar-refractivity contribution in [3.63, 3.8) is 0 Å². The number of carbonyl (C=O) groups is 1. The van der Waals surface area contributed by atoms with Gasteiger partial charge in [-0.25, -0.2) is 15.0 Å². The second kappa shape index (κ2) is 8.39. The molecule has 0 spiro atoms. The first-order chi connectivity index (χ1) is 15.1. The molecule has 31 heavy (non-hydrogen) atoms. The summed E-state index contributed by atoms with van der Waals surface area (Å²) in [5.74, 6) is 2.04. The zero-order valence-electron chi connectivity index (χ0n) is 18.0. The highest BCUT2D eigenvalue weighted by Crippen LogP contribution is 2.36. The number of aromatic nitrogens is 3. The number of fused-ring (bicyclic) bond motifs is 1. The second-order valence-corrected chi connectivity index (χ2v) is 9.19. The third kappa shape index (κ3) is 3.83. The van der Waals surface area contributed by atoms with E-state index in [1.807, 2.05) is 36.2 Å². The monoisotopic (exact) mass is 437 g/mol. The summed E-state index contributed by atoms with van der Waals surface area (Å²) >= 11 is 1.50. The van der Waals surface area contributed by atoms with Gasteiger partial charge in [0.05, 0.1) is 10.3 Å². The highest BCUT2D eigenvalue weighted by molar-refractivity contribution is 7.20. The van der Waals surface area contributed by atoms with Crippen LogP contribution in [0.5, 0.6) is 0 Å². The van der Waals surface area contributed by atoms with Crippen molar-refractivity contribution in [2.75, 3.05) is 69.2 Å². The van der Waals surface area contributed by atoms with E-state index in [0.29, 0.717) is 13.1 Å². The van der Waals surface area contributed by atoms with Crippen LogP contribution >= 0.6 is 11.3 Å². The minimum Gasteiger partial charge on any atom is -0.353 e. The van der Waals surface area contributed by atoms with Gasteiger partial charge in [0.25, 0.3) is 5.91 Å². The highest BCUT2D eigenvalue weighted by atomic mass is 32.1. The largest absolute Gasteiger partial charge is 0.353 e. The summed E-state index contributed by atoms with van der Waals surface area (Å²) in [5.41, 5.74) is 1.01. The number of rotatable bonds is 3. The van der Waals surface area contributed by atoms with Crippen molar-refractivity contribution >= 4 is 39.1 Å². The maximum Gasteiger partial charge on any atom is 0.264 e. The Morgan fingerprint density at radius 2 is 1.68 bits per heavy atom. The van der Waals surface area contributed by atoms with Crippen LogP contribution in [0.3, 0.4) is 0 Å². The molecule has 0 bridgehead atoms. The van der Waals surface area contributed by atoms with Gasteiger partial charge in [0.1, 0.15) is 22.8 Å². The van der Waals surface area contributed by atoms with Gasteiger partial charge >= 0.3 is 0 Å². The molecule has 162 valence electrons. The zero-order chi connectivity index (χ0) is 21.4. The lowest BCUT2D eigenvalue weighted by Crippen LogP contribution is -2.49. The van der Waals surface area contributed by atoms with Gasteiger partial charge in [0, 0.05) is 58.6 Å². The summed E-state index contributed by atoms with van der Waals surface area (Å²) in [4.78, 5) is 37.5. The van der Waals surface area contributed by atoms with Crippen LogP contribution in [-0.4, -0.2) is 90.1 Å². The molecule has 0 radical (unpaired) electrons. The summed E-state index contributed by atoms with van der Waals surface area (Å²) < 4.78 is 0. The second-order valence-electron chi connectivity index (χ2n) is 8.19. The molecule has 5 rings (SSSR count).